The highest BCUT2D eigenvalue weighted by atomic mass is 15.3. The minimum Gasteiger partial charge on any atom is -0.336 e. The molecule has 0 amide bonds. The molecule has 120 valence electrons. The monoisotopic (exact) mass is 311 g/mol. The van der Waals surface area contributed by atoms with Gasteiger partial charge in [-0.1, -0.05) is 0 Å². The van der Waals surface area contributed by atoms with Gasteiger partial charge < -0.3 is 9.47 Å². The smallest absolute Gasteiger partial charge is 0.226 e. The number of imidazole rings is 1. The molecule has 0 bridgehead atoms. The third-order valence-electron chi connectivity index (χ3n) is 3.80. The molecule has 3 rings (SSSR count). The molecule has 0 fully saturated rings. The highest BCUT2D eigenvalue weighted by molar-refractivity contribution is 5.62. The molecule has 7 nitrogen and oxygen atoms in total. The topological polar surface area (TPSA) is 64.7 Å². The Bertz CT molecular complexity index is 802. The molecule has 23 heavy (non-hydrogen) atoms. The molecule has 3 heterocycles. The molecule has 0 aliphatic heterocycles. The Morgan fingerprint density at radius 3 is 2.74 bits per heavy atom. The lowest BCUT2D eigenvalue weighted by Crippen LogP contribution is -2.22. The van der Waals surface area contributed by atoms with E-state index in [1.807, 2.05) is 56.9 Å². The second kappa shape index (κ2) is 6.20. The molecule has 0 aliphatic rings. The number of aryl methyl sites for hydroxylation is 3. The number of anilines is 1. The fourth-order valence-corrected chi connectivity index (χ4v) is 2.51. The van der Waals surface area contributed by atoms with Gasteiger partial charge in [0.1, 0.15) is 5.82 Å². The van der Waals surface area contributed by atoms with E-state index >= 15 is 0 Å². The Labute approximate surface area is 135 Å². The molecule has 3 aromatic heterocycles. The molecule has 0 aromatic carbocycles. The minimum atomic E-state index is 0.663. The Morgan fingerprint density at radius 2 is 2.04 bits per heavy atom. The lowest BCUT2D eigenvalue weighted by Gasteiger charge is -2.18. The third kappa shape index (κ3) is 3.08. The van der Waals surface area contributed by atoms with Crippen LogP contribution in [-0.2, 0) is 20.1 Å². The highest BCUT2D eigenvalue weighted by Gasteiger charge is 2.13. The van der Waals surface area contributed by atoms with Gasteiger partial charge in [0.15, 0.2) is 0 Å². The fourth-order valence-electron chi connectivity index (χ4n) is 2.51. The molecular formula is C16H21N7. The maximum absolute atomic E-state index is 4.72. The van der Waals surface area contributed by atoms with Crippen molar-refractivity contribution in [1.29, 1.82) is 0 Å². The Morgan fingerprint density at radius 1 is 1.22 bits per heavy atom. The summed E-state index contributed by atoms with van der Waals surface area (Å²) in [6.45, 7) is 5.68. The summed E-state index contributed by atoms with van der Waals surface area (Å²) < 4.78 is 3.89. The number of rotatable bonds is 5. The van der Waals surface area contributed by atoms with E-state index < -0.39 is 0 Å². The summed E-state index contributed by atoms with van der Waals surface area (Å²) in [6.07, 6.45) is 9.45. The van der Waals surface area contributed by atoms with Crippen LogP contribution < -0.4 is 4.90 Å². The molecule has 0 radical (unpaired) electrons. The van der Waals surface area contributed by atoms with E-state index in [0.717, 1.165) is 29.2 Å². The summed E-state index contributed by atoms with van der Waals surface area (Å²) in [5.41, 5.74) is 2.94. The van der Waals surface area contributed by atoms with Crippen molar-refractivity contribution in [3.8, 4) is 11.3 Å². The summed E-state index contributed by atoms with van der Waals surface area (Å²) in [6, 6.07) is 0. The van der Waals surface area contributed by atoms with Crippen LogP contribution in [0.5, 0.6) is 0 Å². The van der Waals surface area contributed by atoms with Gasteiger partial charge in [0.05, 0.1) is 18.4 Å². The second-order valence-corrected chi connectivity index (χ2v) is 5.59. The van der Waals surface area contributed by atoms with E-state index in [1.165, 1.54) is 0 Å². The van der Waals surface area contributed by atoms with Gasteiger partial charge in [-0.25, -0.2) is 15.0 Å². The zero-order valence-electron chi connectivity index (χ0n) is 13.9. The summed E-state index contributed by atoms with van der Waals surface area (Å²) in [4.78, 5) is 15.6. The number of hydrogen-bond donors (Lipinski definition) is 0. The second-order valence-electron chi connectivity index (χ2n) is 5.59. The average Bonchev–Trinajstić information content (AvgIpc) is 3.16. The zero-order valence-corrected chi connectivity index (χ0v) is 13.9. The van der Waals surface area contributed by atoms with Crippen LogP contribution in [0.2, 0.25) is 0 Å². The first kappa shape index (κ1) is 15.2. The zero-order chi connectivity index (χ0) is 16.4. The van der Waals surface area contributed by atoms with Gasteiger partial charge in [0, 0.05) is 51.0 Å². The van der Waals surface area contributed by atoms with Crippen molar-refractivity contribution in [2.24, 2.45) is 7.05 Å². The summed E-state index contributed by atoms with van der Waals surface area (Å²) in [7, 11) is 3.88. The SMILES string of the molecule is CCn1ccnc1CN(C)c1ncc(C)c(-c2cnn(C)c2)n1. The van der Waals surface area contributed by atoms with Crippen molar-refractivity contribution < 1.29 is 0 Å². The first-order valence-electron chi connectivity index (χ1n) is 7.62. The minimum absolute atomic E-state index is 0.663. The number of aromatic nitrogens is 6. The number of hydrogen-bond acceptors (Lipinski definition) is 5. The molecule has 0 aliphatic carbocycles. The van der Waals surface area contributed by atoms with Crippen molar-refractivity contribution in [3.05, 3.63) is 42.4 Å². The number of nitrogens with zero attached hydrogens (tertiary/aromatic N) is 7. The molecular weight excluding hydrogens is 290 g/mol. The average molecular weight is 311 g/mol. The van der Waals surface area contributed by atoms with Gasteiger partial charge in [-0.05, 0) is 19.4 Å². The van der Waals surface area contributed by atoms with Crippen molar-refractivity contribution in [2.75, 3.05) is 11.9 Å². The molecule has 0 saturated heterocycles. The summed E-state index contributed by atoms with van der Waals surface area (Å²) in [5.74, 6) is 1.68. The molecule has 0 atom stereocenters. The molecule has 7 heteroatoms. The van der Waals surface area contributed by atoms with Crippen LogP contribution >= 0.6 is 0 Å². The van der Waals surface area contributed by atoms with Gasteiger partial charge in [-0.3, -0.25) is 4.68 Å². The standard InChI is InChI=1S/C16H21N7/c1-5-23-7-6-17-14(23)11-21(3)16-18-8-12(2)15(20-16)13-9-19-22(4)10-13/h6-10H,5,11H2,1-4H3. The van der Waals surface area contributed by atoms with E-state index in [4.69, 9.17) is 4.98 Å². The predicted octanol–water partition coefficient (Wildman–Crippen LogP) is 2.04. The van der Waals surface area contributed by atoms with E-state index in [2.05, 4.69) is 26.6 Å². The van der Waals surface area contributed by atoms with Crippen LogP contribution in [0, 0.1) is 6.92 Å². The summed E-state index contributed by atoms with van der Waals surface area (Å²) in [5, 5.41) is 4.22. The fraction of sp³-hybridized carbons (Fsp3) is 0.375. The molecule has 0 saturated carbocycles. The lowest BCUT2D eigenvalue weighted by atomic mass is 10.1. The van der Waals surface area contributed by atoms with Crippen molar-refractivity contribution in [3.63, 3.8) is 0 Å². The van der Waals surface area contributed by atoms with Crippen molar-refractivity contribution in [2.45, 2.75) is 26.9 Å². The van der Waals surface area contributed by atoms with Crippen LogP contribution in [0.25, 0.3) is 11.3 Å². The predicted molar refractivity (Wildman–Crippen MR) is 89.0 cm³/mol. The largest absolute Gasteiger partial charge is 0.336 e. The van der Waals surface area contributed by atoms with Crippen LogP contribution in [0.1, 0.15) is 18.3 Å². The van der Waals surface area contributed by atoms with E-state index in [1.54, 1.807) is 4.68 Å². The van der Waals surface area contributed by atoms with Gasteiger partial charge in [0.2, 0.25) is 5.95 Å². The Kier molecular flexibility index (Phi) is 4.10. The normalized spacial score (nSPS) is 11.0. The van der Waals surface area contributed by atoms with Crippen molar-refractivity contribution >= 4 is 5.95 Å². The Balaban J connectivity index is 1.88. The van der Waals surface area contributed by atoms with E-state index in [-0.39, 0.29) is 0 Å². The first-order chi connectivity index (χ1) is 11.1. The maximum atomic E-state index is 4.72. The van der Waals surface area contributed by atoms with Gasteiger partial charge >= 0.3 is 0 Å². The lowest BCUT2D eigenvalue weighted by molar-refractivity contribution is 0.679. The first-order valence-corrected chi connectivity index (χ1v) is 7.62. The molecule has 0 spiro atoms. The van der Waals surface area contributed by atoms with Crippen LogP contribution in [0.15, 0.2) is 31.0 Å². The third-order valence-corrected chi connectivity index (χ3v) is 3.80. The summed E-state index contributed by atoms with van der Waals surface area (Å²) >= 11 is 0. The highest BCUT2D eigenvalue weighted by Crippen LogP contribution is 2.22. The van der Waals surface area contributed by atoms with Crippen molar-refractivity contribution in [1.82, 2.24) is 29.3 Å². The molecule has 0 unspecified atom stereocenters. The van der Waals surface area contributed by atoms with Gasteiger partial charge in [-0.2, -0.15) is 5.10 Å². The van der Waals surface area contributed by atoms with Crippen LogP contribution in [0.3, 0.4) is 0 Å². The van der Waals surface area contributed by atoms with Gasteiger partial charge in [0.25, 0.3) is 0 Å². The maximum Gasteiger partial charge on any atom is 0.226 e. The van der Waals surface area contributed by atoms with E-state index in [9.17, 15) is 0 Å². The Hall–Kier alpha value is -2.70. The van der Waals surface area contributed by atoms with Gasteiger partial charge in [-0.15, -0.1) is 0 Å². The van der Waals surface area contributed by atoms with E-state index in [0.29, 0.717) is 12.5 Å². The van der Waals surface area contributed by atoms with Crippen LogP contribution in [-0.4, -0.2) is 36.3 Å². The molecule has 0 N–H and O–H groups in total. The quantitative estimate of drug-likeness (QED) is 0.721. The molecule has 3 aromatic rings. The van der Waals surface area contributed by atoms with Crippen LogP contribution in [0.4, 0.5) is 5.95 Å².